The van der Waals surface area contributed by atoms with Gasteiger partial charge in [-0.1, -0.05) is 24.0 Å². The van der Waals surface area contributed by atoms with E-state index in [0.29, 0.717) is 24.0 Å². The summed E-state index contributed by atoms with van der Waals surface area (Å²) in [5, 5.41) is 19.8. The minimum absolute atomic E-state index is 0.350. The monoisotopic (exact) mass is 283 g/mol. The van der Waals surface area contributed by atoms with Crippen LogP contribution in [0, 0.1) is 28.6 Å². The van der Waals surface area contributed by atoms with Gasteiger partial charge in [-0.2, -0.15) is 5.26 Å². The Morgan fingerprint density at radius 3 is 2.62 bits per heavy atom. The number of esters is 1. The number of hydrogen-bond acceptors (Lipinski definition) is 4. The molecule has 0 aliphatic heterocycles. The van der Waals surface area contributed by atoms with Gasteiger partial charge >= 0.3 is 5.97 Å². The van der Waals surface area contributed by atoms with Gasteiger partial charge in [-0.25, -0.2) is 4.79 Å². The number of nitrogens with zero attached hydrogens (tertiary/aromatic N) is 1. The number of aliphatic hydroxyl groups is 1. The molecule has 4 nitrogen and oxygen atoms in total. The Morgan fingerprint density at radius 2 is 2.10 bits per heavy atom. The van der Waals surface area contributed by atoms with Gasteiger partial charge in [-0.15, -0.1) is 0 Å². The first-order valence-electron chi connectivity index (χ1n) is 6.80. The average molecular weight is 283 g/mol. The minimum Gasteiger partial charge on any atom is -0.465 e. The van der Waals surface area contributed by atoms with Gasteiger partial charge in [0.05, 0.1) is 24.2 Å². The summed E-state index contributed by atoms with van der Waals surface area (Å²) in [5.41, 5.74) is -1.37. The molecule has 0 heterocycles. The van der Waals surface area contributed by atoms with Gasteiger partial charge in [0.15, 0.2) is 0 Å². The predicted molar refractivity (Wildman–Crippen MR) is 77.2 cm³/mol. The van der Waals surface area contributed by atoms with E-state index in [1.807, 2.05) is 0 Å². The van der Waals surface area contributed by atoms with Crippen LogP contribution in [-0.4, -0.2) is 23.8 Å². The van der Waals surface area contributed by atoms with Crippen molar-refractivity contribution >= 4 is 5.97 Å². The summed E-state index contributed by atoms with van der Waals surface area (Å²) in [7, 11) is 1.31. The van der Waals surface area contributed by atoms with E-state index in [0.717, 1.165) is 6.42 Å². The van der Waals surface area contributed by atoms with Crippen LogP contribution in [0.4, 0.5) is 0 Å². The van der Waals surface area contributed by atoms with Crippen LogP contribution in [-0.2, 0) is 4.74 Å². The maximum Gasteiger partial charge on any atom is 0.339 e. The molecule has 0 bridgehead atoms. The van der Waals surface area contributed by atoms with Crippen molar-refractivity contribution in [3.8, 4) is 17.9 Å². The fraction of sp³-hybridized carbons (Fsp3) is 0.412. The predicted octanol–water partition coefficient (Wildman–Crippen LogP) is 2.27. The molecule has 108 valence electrons. The van der Waals surface area contributed by atoms with Crippen molar-refractivity contribution in [1.29, 1.82) is 5.26 Å². The first-order valence-corrected chi connectivity index (χ1v) is 6.80. The Labute approximate surface area is 124 Å². The zero-order valence-electron chi connectivity index (χ0n) is 12.1. The molecule has 0 aromatic heterocycles. The Kier molecular flexibility index (Phi) is 4.02. The van der Waals surface area contributed by atoms with Crippen molar-refractivity contribution in [2.24, 2.45) is 5.41 Å². The summed E-state index contributed by atoms with van der Waals surface area (Å²) < 4.78 is 4.71. The molecule has 1 aromatic rings. The topological polar surface area (TPSA) is 70.3 Å². The quantitative estimate of drug-likeness (QED) is 0.667. The average Bonchev–Trinajstić information content (AvgIpc) is 2.44. The highest BCUT2D eigenvalue weighted by Crippen LogP contribution is 2.48. The molecule has 0 radical (unpaired) electrons. The molecule has 1 atom stereocenters. The van der Waals surface area contributed by atoms with E-state index in [1.165, 1.54) is 7.11 Å². The van der Waals surface area contributed by atoms with Gasteiger partial charge in [0.2, 0.25) is 0 Å². The molecule has 2 rings (SSSR count). The lowest BCUT2D eigenvalue weighted by atomic mass is 9.60. The molecule has 1 aliphatic carbocycles. The van der Waals surface area contributed by atoms with Gasteiger partial charge in [-0.05, 0) is 38.3 Å². The molecule has 21 heavy (non-hydrogen) atoms. The normalized spacial score (nSPS) is 18.2. The minimum atomic E-state index is -1.40. The van der Waals surface area contributed by atoms with E-state index in [-0.39, 0.29) is 0 Å². The highest BCUT2D eigenvalue weighted by Gasteiger charge is 2.51. The number of hydrogen-bond donors (Lipinski definition) is 1. The summed E-state index contributed by atoms with van der Waals surface area (Å²) in [5.74, 6) is 5.11. The highest BCUT2D eigenvalue weighted by molar-refractivity contribution is 5.92. The van der Waals surface area contributed by atoms with Crippen molar-refractivity contribution in [3.05, 3.63) is 35.4 Å². The molecule has 1 aromatic carbocycles. The van der Waals surface area contributed by atoms with Crippen LogP contribution >= 0.6 is 0 Å². The fourth-order valence-electron chi connectivity index (χ4n) is 2.43. The van der Waals surface area contributed by atoms with Crippen LogP contribution in [0.25, 0.3) is 0 Å². The van der Waals surface area contributed by atoms with E-state index in [2.05, 4.69) is 17.9 Å². The molecule has 1 N–H and O–H groups in total. The lowest BCUT2D eigenvalue weighted by Gasteiger charge is -2.43. The van der Waals surface area contributed by atoms with E-state index in [9.17, 15) is 15.2 Å². The van der Waals surface area contributed by atoms with Crippen LogP contribution in [0.5, 0.6) is 0 Å². The molecule has 1 saturated carbocycles. The van der Waals surface area contributed by atoms with Crippen molar-refractivity contribution < 1.29 is 14.6 Å². The first-order chi connectivity index (χ1) is 9.96. The molecule has 0 amide bonds. The third-order valence-corrected chi connectivity index (χ3v) is 4.13. The second-order valence-electron chi connectivity index (χ2n) is 5.41. The number of carbonyl (C=O) groups excluding carboxylic acids is 1. The summed E-state index contributed by atoms with van der Waals surface area (Å²) in [6, 6.07) is 8.98. The first kappa shape index (κ1) is 15.1. The lowest BCUT2D eigenvalue weighted by molar-refractivity contribution is -0.0336. The molecule has 4 heteroatoms. The largest absolute Gasteiger partial charge is 0.465 e. The van der Waals surface area contributed by atoms with Gasteiger partial charge in [0, 0.05) is 5.56 Å². The van der Waals surface area contributed by atoms with E-state index >= 15 is 0 Å². The number of ether oxygens (including phenoxy) is 1. The van der Waals surface area contributed by atoms with Crippen LogP contribution < -0.4 is 0 Å². The summed E-state index contributed by atoms with van der Waals surface area (Å²) in [6.45, 7) is 1.56. The van der Waals surface area contributed by atoms with Gasteiger partial charge in [0.25, 0.3) is 0 Å². The summed E-state index contributed by atoms with van der Waals surface area (Å²) in [4.78, 5) is 11.7. The summed E-state index contributed by atoms with van der Waals surface area (Å²) in [6.07, 6.45) is 2.21. The summed E-state index contributed by atoms with van der Waals surface area (Å²) >= 11 is 0. The zero-order chi connectivity index (χ0) is 15.5. The number of nitriles is 1. The maximum absolute atomic E-state index is 11.7. The molecule has 0 saturated heterocycles. The van der Waals surface area contributed by atoms with Crippen molar-refractivity contribution in [2.45, 2.75) is 31.8 Å². The highest BCUT2D eigenvalue weighted by atomic mass is 16.5. The smallest absolute Gasteiger partial charge is 0.339 e. The number of methoxy groups -OCH3 is 1. The standard InChI is InChI=1S/C17H17NO3/c1-16(20,17(12-18)9-5-10-17)11-8-13-6-3-4-7-14(13)15(19)21-2/h3-4,6-7,20H,5,9-10H2,1-2H3/t16-/m0/s1. The molecule has 0 spiro atoms. The lowest BCUT2D eigenvalue weighted by Crippen LogP contribution is -2.48. The van der Waals surface area contributed by atoms with E-state index in [4.69, 9.17) is 4.74 Å². The van der Waals surface area contributed by atoms with Crippen molar-refractivity contribution in [3.63, 3.8) is 0 Å². The molecule has 1 fully saturated rings. The second-order valence-corrected chi connectivity index (χ2v) is 5.41. The fourth-order valence-corrected chi connectivity index (χ4v) is 2.43. The SMILES string of the molecule is COC(=O)c1ccccc1C#C[C@](C)(O)C1(C#N)CCC1. The second kappa shape index (κ2) is 5.60. The Bertz CT molecular complexity index is 655. The van der Waals surface area contributed by atoms with Gasteiger partial charge < -0.3 is 9.84 Å². The van der Waals surface area contributed by atoms with Crippen LogP contribution in [0.2, 0.25) is 0 Å². The van der Waals surface area contributed by atoms with Crippen molar-refractivity contribution in [1.82, 2.24) is 0 Å². The molecular weight excluding hydrogens is 266 g/mol. The van der Waals surface area contributed by atoms with Crippen LogP contribution in [0.15, 0.2) is 24.3 Å². The molecule has 0 unspecified atom stereocenters. The zero-order valence-corrected chi connectivity index (χ0v) is 12.1. The molecule has 1 aliphatic rings. The Balaban J connectivity index is 2.36. The Hall–Kier alpha value is -2.30. The third-order valence-electron chi connectivity index (χ3n) is 4.13. The molecular formula is C17H17NO3. The number of rotatable bonds is 2. The number of carbonyl (C=O) groups is 1. The van der Waals surface area contributed by atoms with Crippen LogP contribution in [0.1, 0.15) is 42.1 Å². The van der Waals surface area contributed by atoms with Gasteiger partial charge in [-0.3, -0.25) is 0 Å². The van der Waals surface area contributed by atoms with E-state index in [1.54, 1.807) is 31.2 Å². The third kappa shape index (κ3) is 2.63. The van der Waals surface area contributed by atoms with Crippen molar-refractivity contribution in [2.75, 3.05) is 7.11 Å². The maximum atomic E-state index is 11.7. The van der Waals surface area contributed by atoms with E-state index < -0.39 is 17.0 Å². The van der Waals surface area contributed by atoms with Gasteiger partial charge in [0.1, 0.15) is 5.60 Å². The van der Waals surface area contributed by atoms with Crippen LogP contribution in [0.3, 0.4) is 0 Å². The Morgan fingerprint density at radius 1 is 1.43 bits per heavy atom. The number of benzene rings is 1.